The molecular weight excluding hydrogens is 246 g/mol. The van der Waals surface area contributed by atoms with Crippen LogP contribution in [-0.2, 0) is 5.60 Å². The van der Waals surface area contributed by atoms with E-state index >= 15 is 0 Å². The molecule has 3 rings (SSSR count). The third kappa shape index (κ3) is 2.77. The van der Waals surface area contributed by atoms with Gasteiger partial charge in [-0.25, -0.2) is 0 Å². The van der Waals surface area contributed by atoms with Gasteiger partial charge in [0.25, 0.3) is 0 Å². The predicted octanol–water partition coefficient (Wildman–Crippen LogP) is 3.55. The topological polar surface area (TPSA) is 32.3 Å². The summed E-state index contributed by atoms with van der Waals surface area (Å²) < 4.78 is 0. The molecule has 2 heteroatoms. The van der Waals surface area contributed by atoms with E-state index in [-0.39, 0.29) is 0 Å². The minimum atomic E-state index is -0.667. The van der Waals surface area contributed by atoms with Gasteiger partial charge < -0.3 is 10.4 Å². The largest absolute Gasteiger partial charge is 0.384 e. The van der Waals surface area contributed by atoms with Gasteiger partial charge in [-0.15, -0.1) is 0 Å². The molecule has 0 aliphatic heterocycles. The van der Waals surface area contributed by atoms with Crippen molar-refractivity contribution >= 4 is 0 Å². The lowest BCUT2D eigenvalue weighted by Crippen LogP contribution is -2.38. The molecule has 1 unspecified atom stereocenters. The van der Waals surface area contributed by atoms with E-state index in [2.05, 4.69) is 29.6 Å². The minimum Gasteiger partial charge on any atom is -0.384 e. The number of nitrogens with one attached hydrogen (secondary N) is 1. The monoisotopic (exact) mass is 273 g/mol. The summed E-state index contributed by atoms with van der Waals surface area (Å²) in [4.78, 5) is 0. The Morgan fingerprint density at radius 1 is 1.05 bits per heavy atom. The summed E-state index contributed by atoms with van der Waals surface area (Å²) in [5.74, 6) is 1.19. The maximum atomic E-state index is 11.0. The van der Waals surface area contributed by atoms with Crippen molar-refractivity contribution in [3.63, 3.8) is 0 Å². The van der Waals surface area contributed by atoms with Crippen LogP contribution in [0.5, 0.6) is 0 Å². The summed E-state index contributed by atoms with van der Waals surface area (Å²) in [6, 6.07) is 8.85. The van der Waals surface area contributed by atoms with Crippen LogP contribution < -0.4 is 5.32 Å². The van der Waals surface area contributed by atoms with Gasteiger partial charge in [0.05, 0.1) is 0 Å². The zero-order chi connectivity index (χ0) is 14.0. The highest BCUT2D eigenvalue weighted by atomic mass is 16.3. The van der Waals surface area contributed by atoms with Gasteiger partial charge in [-0.3, -0.25) is 0 Å². The molecule has 2 N–H and O–H groups in total. The lowest BCUT2D eigenvalue weighted by molar-refractivity contribution is 0.0153. The van der Waals surface area contributed by atoms with Crippen LogP contribution >= 0.6 is 0 Å². The molecule has 0 radical (unpaired) electrons. The third-order valence-electron chi connectivity index (χ3n) is 5.19. The maximum absolute atomic E-state index is 11.0. The molecule has 2 aliphatic rings. The summed E-state index contributed by atoms with van der Waals surface area (Å²) in [7, 11) is 1.92. The second-order valence-corrected chi connectivity index (χ2v) is 6.69. The molecule has 2 saturated carbocycles. The van der Waals surface area contributed by atoms with Gasteiger partial charge >= 0.3 is 0 Å². The van der Waals surface area contributed by atoms with Crippen molar-refractivity contribution in [2.45, 2.75) is 56.5 Å². The number of hydrogen-bond acceptors (Lipinski definition) is 2. The molecule has 20 heavy (non-hydrogen) atoms. The van der Waals surface area contributed by atoms with Crippen LogP contribution in [0.15, 0.2) is 24.3 Å². The van der Waals surface area contributed by atoms with E-state index in [1.807, 2.05) is 7.05 Å². The zero-order valence-electron chi connectivity index (χ0n) is 12.6. The highest BCUT2D eigenvalue weighted by molar-refractivity contribution is 5.31. The molecule has 0 heterocycles. The lowest BCUT2D eigenvalue weighted by atomic mass is 9.82. The molecule has 1 atom stereocenters. The van der Waals surface area contributed by atoms with E-state index < -0.39 is 5.60 Å². The summed E-state index contributed by atoms with van der Waals surface area (Å²) in [6.07, 6.45) is 9.13. The van der Waals surface area contributed by atoms with Crippen molar-refractivity contribution < 1.29 is 5.11 Å². The summed E-state index contributed by atoms with van der Waals surface area (Å²) >= 11 is 0. The highest BCUT2D eigenvalue weighted by Gasteiger charge is 2.44. The molecule has 1 aromatic rings. The van der Waals surface area contributed by atoms with Gasteiger partial charge in [-0.1, -0.05) is 43.5 Å². The van der Waals surface area contributed by atoms with E-state index in [1.165, 1.54) is 37.7 Å². The average molecular weight is 273 g/mol. The Morgan fingerprint density at radius 2 is 1.70 bits per heavy atom. The highest BCUT2D eigenvalue weighted by Crippen LogP contribution is 2.45. The molecule has 0 spiro atoms. The van der Waals surface area contributed by atoms with Crippen LogP contribution in [0.1, 0.15) is 62.0 Å². The minimum absolute atomic E-state index is 0.440. The fraction of sp³-hybridized carbons (Fsp3) is 0.667. The molecule has 2 aliphatic carbocycles. The quantitative estimate of drug-likeness (QED) is 0.860. The van der Waals surface area contributed by atoms with Crippen molar-refractivity contribution in [3.05, 3.63) is 35.4 Å². The van der Waals surface area contributed by atoms with Crippen LogP contribution in [-0.4, -0.2) is 18.7 Å². The van der Waals surface area contributed by atoms with E-state index in [1.54, 1.807) is 0 Å². The lowest BCUT2D eigenvalue weighted by Gasteiger charge is -2.29. The fourth-order valence-corrected chi connectivity index (χ4v) is 3.79. The van der Waals surface area contributed by atoms with Crippen molar-refractivity contribution in [3.8, 4) is 0 Å². The Kier molecular flexibility index (Phi) is 4.13. The zero-order valence-corrected chi connectivity index (χ0v) is 12.6. The number of hydrogen-bond donors (Lipinski definition) is 2. The first kappa shape index (κ1) is 14.1. The maximum Gasteiger partial charge on any atom is 0.105 e. The van der Waals surface area contributed by atoms with E-state index in [0.717, 1.165) is 24.3 Å². The summed E-state index contributed by atoms with van der Waals surface area (Å²) in [5, 5.41) is 14.1. The fourth-order valence-electron chi connectivity index (χ4n) is 3.79. The Balaban J connectivity index is 1.77. The summed E-state index contributed by atoms with van der Waals surface area (Å²) in [6.45, 7) is 0.653. The van der Waals surface area contributed by atoms with Crippen molar-refractivity contribution in [2.24, 2.45) is 5.92 Å². The summed E-state index contributed by atoms with van der Waals surface area (Å²) in [5.41, 5.74) is 1.89. The number of likely N-dealkylation sites (N-methyl/N-ethyl adjacent to an activating group) is 1. The van der Waals surface area contributed by atoms with Crippen LogP contribution in [0.4, 0.5) is 0 Å². The van der Waals surface area contributed by atoms with Crippen LogP contribution in [0.25, 0.3) is 0 Å². The van der Waals surface area contributed by atoms with Gasteiger partial charge in [0, 0.05) is 6.54 Å². The van der Waals surface area contributed by atoms with Gasteiger partial charge in [0.1, 0.15) is 5.60 Å². The molecule has 0 saturated heterocycles. The second kappa shape index (κ2) is 5.87. The van der Waals surface area contributed by atoms with Gasteiger partial charge in [-0.05, 0) is 55.7 Å². The molecule has 0 aromatic heterocycles. The Morgan fingerprint density at radius 3 is 2.25 bits per heavy atom. The predicted molar refractivity (Wildman–Crippen MR) is 82.8 cm³/mol. The van der Waals surface area contributed by atoms with Crippen molar-refractivity contribution in [2.75, 3.05) is 13.6 Å². The van der Waals surface area contributed by atoms with E-state index in [9.17, 15) is 5.11 Å². The molecule has 2 nitrogen and oxygen atoms in total. The standard InChI is InChI=1S/C18H27NO/c1-19-13-18(20,17-11-12-17)16-9-7-15(8-10-16)14-5-3-2-4-6-14/h7-10,14,17,19-20H,2-6,11-13H2,1H3. The average Bonchev–Trinajstić information content (AvgIpc) is 3.34. The normalized spacial score (nSPS) is 23.5. The molecular formula is C18H27NO. The van der Waals surface area contributed by atoms with Gasteiger partial charge in [0.15, 0.2) is 0 Å². The third-order valence-corrected chi connectivity index (χ3v) is 5.19. The van der Waals surface area contributed by atoms with Crippen LogP contribution in [0, 0.1) is 5.92 Å². The smallest absolute Gasteiger partial charge is 0.105 e. The van der Waals surface area contributed by atoms with Crippen molar-refractivity contribution in [1.29, 1.82) is 0 Å². The molecule has 0 bridgehead atoms. The first-order valence-corrected chi connectivity index (χ1v) is 8.21. The molecule has 0 amide bonds. The van der Waals surface area contributed by atoms with Gasteiger partial charge in [-0.2, -0.15) is 0 Å². The Bertz CT molecular complexity index is 431. The number of benzene rings is 1. The SMILES string of the molecule is CNCC(O)(c1ccc(C2CCCCC2)cc1)C1CC1. The number of rotatable bonds is 5. The molecule has 110 valence electrons. The van der Waals surface area contributed by atoms with Crippen LogP contribution in [0.3, 0.4) is 0 Å². The molecule has 1 aromatic carbocycles. The van der Waals surface area contributed by atoms with Crippen molar-refractivity contribution in [1.82, 2.24) is 5.32 Å². The Labute approximate surface area is 122 Å². The Hall–Kier alpha value is -0.860. The van der Waals surface area contributed by atoms with E-state index in [4.69, 9.17) is 0 Å². The van der Waals surface area contributed by atoms with Gasteiger partial charge in [0.2, 0.25) is 0 Å². The number of aliphatic hydroxyl groups is 1. The second-order valence-electron chi connectivity index (χ2n) is 6.69. The van der Waals surface area contributed by atoms with Crippen LogP contribution in [0.2, 0.25) is 0 Å². The first-order chi connectivity index (χ1) is 9.74. The van der Waals surface area contributed by atoms with E-state index in [0.29, 0.717) is 12.5 Å². The first-order valence-electron chi connectivity index (χ1n) is 8.21. The molecule has 2 fully saturated rings.